The zero-order valence-electron chi connectivity index (χ0n) is 12.2. The third kappa shape index (κ3) is 4.54. The number of carbonyl (C=O) groups is 1. The van der Waals surface area contributed by atoms with Crippen LogP contribution < -0.4 is 5.11 Å². The van der Waals surface area contributed by atoms with E-state index in [4.69, 9.17) is 11.6 Å². The molecule has 0 radical (unpaired) electrons. The van der Waals surface area contributed by atoms with Crippen molar-refractivity contribution in [2.75, 3.05) is 6.54 Å². The Balaban J connectivity index is 2.35. The van der Waals surface area contributed by atoms with Crippen LogP contribution in [0.3, 0.4) is 0 Å². The summed E-state index contributed by atoms with van der Waals surface area (Å²) in [6, 6.07) is 15.0. The van der Waals surface area contributed by atoms with E-state index >= 15 is 0 Å². The van der Waals surface area contributed by atoms with E-state index in [-0.39, 0.29) is 23.0 Å². The van der Waals surface area contributed by atoms with E-state index in [0.717, 1.165) is 9.87 Å². The predicted octanol–water partition coefficient (Wildman–Crippen LogP) is 1.67. The SMILES string of the molecule is O=C([O-])CCN(Cc1ccccc1)S(=O)(=O)c1ccccc1Cl. The van der Waals surface area contributed by atoms with Crippen molar-refractivity contribution in [3.05, 3.63) is 65.2 Å². The molecule has 2 aromatic carbocycles. The molecule has 0 saturated carbocycles. The Bertz CT molecular complexity index is 778. The highest BCUT2D eigenvalue weighted by molar-refractivity contribution is 7.89. The molecule has 0 N–H and O–H groups in total. The van der Waals surface area contributed by atoms with Gasteiger partial charge in [-0.25, -0.2) is 8.42 Å². The Kier molecular flexibility index (Phi) is 5.76. The van der Waals surface area contributed by atoms with Gasteiger partial charge in [0.25, 0.3) is 0 Å². The van der Waals surface area contributed by atoms with Gasteiger partial charge in [0.15, 0.2) is 0 Å². The van der Waals surface area contributed by atoms with E-state index < -0.39 is 22.4 Å². The maximum Gasteiger partial charge on any atom is 0.244 e. The molecule has 0 spiro atoms. The van der Waals surface area contributed by atoms with Crippen LogP contribution in [-0.4, -0.2) is 25.2 Å². The smallest absolute Gasteiger partial charge is 0.244 e. The highest BCUT2D eigenvalue weighted by Gasteiger charge is 2.26. The molecule has 23 heavy (non-hydrogen) atoms. The molecular weight excluding hydrogens is 338 g/mol. The van der Waals surface area contributed by atoms with Crippen LogP contribution in [0.4, 0.5) is 0 Å². The molecule has 0 atom stereocenters. The number of hydrogen-bond donors (Lipinski definition) is 0. The van der Waals surface area contributed by atoms with E-state index in [2.05, 4.69) is 0 Å². The summed E-state index contributed by atoms with van der Waals surface area (Å²) in [6.45, 7) is -0.132. The van der Waals surface area contributed by atoms with Crippen LogP contribution in [0, 0.1) is 0 Å². The normalized spacial score (nSPS) is 11.6. The first-order valence-corrected chi connectivity index (χ1v) is 8.71. The van der Waals surface area contributed by atoms with Crippen LogP contribution in [0.15, 0.2) is 59.5 Å². The van der Waals surface area contributed by atoms with Crippen LogP contribution in [0.25, 0.3) is 0 Å². The molecule has 0 saturated heterocycles. The number of aliphatic carboxylic acids is 1. The zero-order valence-corrected chi connectivity index (χ0v) is 13.8. The lowest BCUT2D eigenvalue weighted by Crippen LogP contribution is -2.35. The van der Waals surface area contributed by atoms with Crippen molar-refractivity contribution in [2.24, 2.45) is 0 Å². The summed E-state index contributed by atoms with van der Waals surface area (Å²) in [5, 5.41) is 10.8. The van der Waals surface area contributed by atoms with E-state index in [1.165, 1.54) is 12.1 Å². The second-order valence-corrected chi connectivity index (χ2v) is 7.19. The molecule has 122 valence electrons. The molecule has 0 fully saturated rings. The van der Waals surface area contributed by atoms with Gasteiger partial charge in [0.05, 0.1) is 5.02 Å². The number of rotatable bonds is 7. The van der Waals surface area contributed by atoms with E-state index in [9.17, 15) is 18.3 Å². The molecule has 5 nitrogen and oxygen atoms in total. The fourth-order valence-electron chi connectivity index (χ4n) is 2.08. The molecule has 2 aromatic rings. The lowest BCUT2D eigenvalue weighted by atomic mass is 10.2. The summed E-state index contributed by atoms with van der Waals surface area (Å²) >= 11 is 5.98. The number of carbonyl (C=O) groups excluding carboxylic acids is 1. The molecule has 0 heterocycles. The Morgan fingerprint density at radius 2 is 1.65 bits per heavy atom. The molecule has 0 unspecified atom stereocenters. The van der Waals surface area contributed by atoms with Crippen LogP contribution in [0.5, 0.6) is 0 Å². The van der Waals surface area contributed by atoms with Crippen molar-refractivity contribution < 1.29 is 18.3 Å². The van der Waals surface area contributed by atoms with Gasteiger partial charge in [0, 0.05) is 25.5 Å². The molecule has 0 aromatic heterocycles. The zero-order chi connectivity index (χ0) is 16.9. The van der Waals surface area contributed by atoms with Gasteiger partial charge in [-0.3, -0.25) is 0 Å². The molecular formula is C16H15ClNO4S-. The standard InChI is InChI=1S/C16H16ClNO4S/c17-14-8-4-5-9-15(14)23(21,22)18(11-10-16(19)20)12-13-6-2-1-3-7-13/h1-9H,10-12H2,(H,19,20)/p-1. The minimum Gasteiger partial charge on any atom is -0.550 e. The van der Waals surface area contributed by atoms with Gasteiger partial charge < -0.3 is 9.90 Å². The van der Waals surface area contributed by atoms with Crippen molar-refractivity contribution in [1.29, 1.82) is 0 Å². The van der Waals surface area contributed by atoms with Crippen LogP contribution in [0.1, 0.15) is 12.0 Å². The summed E-state index contributed by atoms with van der Waals surface area (Å²) in [5.41, 5.74) is 0.751. The molecule has 0 bridgehead atoms. The van der Waals surface area contributed by atoms with Gasteiger partial charge in [0.1, 0.15) is 4.90 Å². The highest BCUT2D eigenvalue weighted by atomic mass is 35.5. The minimum atomic E-state index is -3.92. The van der Waals surface area contributed by atoms with Crippen molar-refractivity contribution in [2.45, 2.75) is 17.9 Å². The Hall–Kier alpha value is -1.89. The van der Waals surface area contributed by atoms with Crippen LogP contribution in [-0.2, 0) is 21.4 Å². The quantitative estimate of drug-likeness (QED) is 0.759. The average Bonchev–Trinajstić information content (AvgIpc) is 2.52. The Morgan fingerprint density at radius 3 is 2.26 bits per heavy atom. The van der Waals surface area contributed by atoms with Crippen LogP contribution in [0.2, 0.25) is 5.02 Å². The van der Waals surface area contributed by atoms with Crippen LogP contribution >= 0.6 is 11.6 Å². The fraction of sp³-hybridized carbons (Fsp3) is 0.188. The first kappa shape index (κ1) is 17.5. The molecule has 0 aliphatic heterocycles. The van der Waals surface area contributed by atoms with E-state index in [0.29, 0.717) is 0 Å². The number of carboxylic acid groups (broad SMARTS) is 1. The topological polar surface area (TPSA) is 77.5 Å². The Labute approximate surface area is 140 Å². The second-order valence-electron chi connectivity index (χ2n) is 4.88. The van der Waals surface area contributed by atoms with Crippen molar-refractivity contribution in [3.8, 4) is 0 Å². The summed E-state index contributed by atoms with van der Waals surface area (Å²) in [7, 11) is -3.92. The van der Waals surface area contributed by atoms with Gasteiger partial charge in [-0.15, -0.1) is 0 Å². The third-order valence-electron chi connectivity index (χ3n) is 3.22. The Morgan fingerprint density at radius 1 is 1.04 bits per heavy atom. The molecule has 2 rings (SSSR count). The maximum absolute atomic E-state index is 12.8. The number of sulfonamides is 1. The maximum atomic E-state index is 12.8. The first-order chi connectivity index (χ1) is 10.9. The molecule has 7 heteroatoms. The van der Waals surface area contributed by atoms with Gasteiger partial charge >= 0.3 is 0 Å². The first-order valence-electron chi connectivity index (χ1n) is 6.89. The monoisotopic (exact) mass is 352 g/mol. The van der Waals surface area contributed by atoms with Gasteiger partial charge in [-0.1, -0.05) is 54.1 Å². The largest absolute Gasteiger partial charge is 0.550 e. The molecule has 0 aliphatic carbocycles. The van der Waals surface area contributed by atoms with E-state index in [1.807, 2.05) is 6.07 Å². The van der Waals surface area contributed by atoms with Gasteiger partial charge in [-0.2, -0.15) is 4.31 Å². The van der Waals surface area contributed by atoms with Crippen molar-refractivity contribution in [3.63, 3.8) is 0 Å². The second kappa shape index (κ2) is 7.59. The lowest BCUT2D eigenvalue weighted by molar-refractivity contribution is -0.305. The van der Waals surface area contributed by atoms with Gasteiger partial charge in [-0.05, 0) is 17.7 Å². The summed E-state index contributed by atoms with van der Waals surface area (Å²) < 4.78 is 26.7. The third-order valence-corrected chi connectivity index (χ3v) is 5.57. The summed E-state index contributed by atoms with van der Waals surface area (Å²) in [4.78, 5) is 10.7. The number of hydrogen-bond acceptors (Lipinski definition) is 4. The number of benzene rings is 2. The number of nitrogens with zero attached hydrogens (tertiary/aromatic N) is 1. The number of halogens is 1. The molecule has 0 amide bonds. The highest BCUT2D eigenvalue weighted by Crippen LogP contribution is 2.25. The van der Waals surface area contributed by atoms with Crippen molar-refractivity contribution >= 4 is 27.6 Å². The predicted molar refractivity (Wildman–Crippen MR) is 85.1 cm³/mol. The lowest BCUT2D eigenvalue weighted by Gasteiger charge is -2.23. The van der Waals surface area contributed by atoms with Gasteiger partial charge in [0.2, 0.25) is 10.0 Å². The molecule has 0 aliphatic rings. The minimum absolute atomic E-state index is 0.0454. The summed E-state index contributed by atoms with van der Waals surface area (Å²) in [5.74, 6) is -1.31. The fourth-order valence-corrected chi connectivity index (χ4v) is 4.00. The average molecular weight is 353 g/mol. The summed E-state index contributed by atoms with van der Waals surface area (Å²) in [6.07, 6.45) is -0.392. The van der Waals surface area contributed by atoms with E-state index in [1.54, 1.807) is 36.4 Å². The number of carboxylic acids is 1. The van der Waals surface area contributed by atoms with Crippen molar-refractivity contribution in [1.82, 2.24) is 4.31 Å².